The molecule has 1 aromatic rings. The van der Waals surface area contributed by atoms with E-state index in [0.717, 1.165) is 6.20 Å². The Morgan fingerprint density at radius 3 is 2.40 bits per heavy atom. The molecule has 0 bridgehead atoms. The van der Waals surface area contributed by atoms with Crippen molar-refractivity contribution in [2.75, 3.05) is 18.5 Å². The van der Waals surface area contributed by atoms with Crippen LogP contribution in [0.3, 0.4) is 0 Å². The molecule has 1 rings (SSSR count). The molecule has 1 heterocycles. The molecular weight excluding hydrogens is 264 g/mol. The minimum absolute atomic E-state index is 0.110. The summed E-state index contributed by atoms with van der Waals surface area (Å²) in [6, 6.07) is 2.96. The van der Waals surface area contributed by atoms with Gasteiger partial charge in [-0.05, 0) is 26.0 Å². The molecule has 0 amide bonds. The largest absolute Gasteiger partial charge is 0.504 e. The molecule has 108 valence electrons. The maximum Gasteiger partial charge on any atom is 0.347 e. The summed E-state index contributed by atoms with van der Waals surface area (Å²) >= 11 is 0. The number of nitrogens with zero attached hydrogens (tertiary/aromatic N) is 1. The van der Waals surface area contributed by atoms with Gasteiger partial charge in [0.2, 0.25) is 0 Å². The molecule has 0 aliphatic carbocycles. The molecule has 0 spiro atoms. The van der Waals surface area contributed by atoms with Crippen LogP contribution in [-0.2, 0) is 19.1 Å². The zero-order chi connectivity index (χ0) is 15.0. The Hall–Kier alpha value is -2.57. The third-order valence-electron chi connectivity index (χ3n) is 2.13. The molecule has 0 fully saturated rings. The van der Waals surface area contributed by atoms with Crippen LogP contribution in [0, 0.1) is 0 Å². The van der Waals surface area contributed by atoms with E-state index in [9.17, 15) is 14.7 Å². The second kappa shape index (κ2) is 7.78. The first-order valence-electron chi connectivity index (χ1n) is 6.05. The third kappa shape index (κ3) is 4.27. The number of anilines is 1. The Kier molecular flexibility index (Phi) is 6.02. The molecule has 0 saturated heterocycles. The van der Waals surface area contributed by atoms with Crippen LogP contribution in [0.1, 0.15) is 13.8 Å². The Morgan fingerprint density at radius 2 is 1.90 bits per heavy atom. The molecule has 20 heavy (non-hydrogen) atoms. The third-order valence-corrected chi connectivity index (χ3v) is 2.13. The molecule has 0 atom stereocenters. The number of carbonyl (C=O) groups is 2. The number of aromatic nitrogens is 1. The molecule has 0 saturated carbocycles. The number of nitrogens with one attached hydrogen (secondary N) is 1. The van der Waals surface area contributed by atoms with Gasteiger partial charge in [-0.1, -0.05) is 0 Å². The van der Waals surface area contributed by atoms with Gasteiger partial charge in [0.05, 0.1) is 13.2 Å². The van der Waals surface area contributed by atoms with E-state index in [1.54, 1.807) is 19.9 Å². The molecule has 2 N–H and O–H groups in total. The van der Waals surface area contributed by atoms with Gasteiger partial charge in [-0.2, -0.15) is 0 Å². The van der Waals surface area contributed by atoms with Crippen LogP contribution < -0.4 is 5.32 Å². The predicted octanol–water partition coefficient (Wildman–Crippen LogP) is 1.21. The molecule has 0 unspecified atom stereocenters. The van der Waals surface area contributed by atoms with Crippen LogP contribution in [0.4, 0.5) is 5.82 Å². The van der Waals surface area contributed by atoms with E-state index in [1.807, 2.05) is 0 Å². The highest BCUT2D eigenvalue weighted by atomic mass is 16.6. The normalized spacial score (nSPS) is 9.50. The van der Waals surface area contributed by atoms with Gasteiger partial charge >= 0.3 is 11.9 Å². The maximum absolute atomic E-state index is 11.7. The lowest BCUT2D eigenvalue weighted by atomic mass is 10.3. The summed E-state index contributed by atoms with van der Waals surface area (Å²) in [6.45, 7) is 3.51. The van der Waals surface area contributed by atoms with Crippen LogP contribution in [0.5, 0.6) is 5.75 Å². The van der Waals surface area contributed by atoms with Crippen LogP contribution in [-0.4, -0.2) is 35.2 Å². The average Bonchev–Trinajstić information content (AvgIpc) is 2.41. The van der Waals surface area contributed by atoms with Gasteiger partial charge in [-0.25, -0.2) is 14.6 Å². The SMILES string of the molecule is CCOC(=O)C(=CNc1ncccc1O)C(=O)OCC. The highest BCUT2D eigenvalue weighted by Gasteiger charge is 2.21. The van der Waals surface area contributed by atoms with Crippen LogP contribution >= 0.6 is 0 Å². The minimum Gasteiger partial charge on any atom is -0.504 e. The number of pyridine rings is 1. The smallest absolute Gasteiger partial charge is 0.347 e. The Balaban J connectivity index is 2.92. The fraction of sp³-hybridized carbons (Fsp3) is 0.308. The van der Waals surface area contributed by atoms with E-state index >= 15 is 0 Å². The van der Waals surface area contributed by atoms with Crippen LogP contribution in [0.2, 0.25) is 0 Å². The lowest BCUT2D eigenvalue weighted by Gasteiger charge is -2.07. The summed E-state index contributed by atoms with van der Waals surface area (Å²) in [5, 5.41) is 12.1. The van der Waals surface area contributed by atoms with E-state index in [-0.39, 0.29) is 30.4 Å². The molecule has 0 radical (unpaired) electrons. The summed E-state index contributed by atoms with van der Waals surface area (Å²) in [5.74, 6) is -1.63. The average molecular weight is 280 g/mol. The number of carbonyl (C=O) groups excluding carboxylic acids is 2. The van der Waals surface area contributed by atoms with Crippen molar-refractivity contribution in [1.29, 1.82) is 0 Å². The second-order valence-electron chi connectivity index (χ2n) is 3.51. The molecule has 0 aliphatic rings. The monoisotopic (exact) mass is 280 g/mol. The van der Waals surface area contributed by atoms with Gasteiger partial charge in [-0.3, -0.25) is 0 Å². The number of esters is 2. The van der Waals surface area contributed by atoms with Crippen molar-refractivity contribution in [3.8, 4) is 5.75 Å². The zero-order valence-electron chi connectivity index (χ0n) is 11.3. The van der Waals surface area contributed by atoms with E-state index in [0.29, 0.717) is 0 Å². The highest BCUT2D eigenvalue weighted by molar-refractivity contribution is 6.14. The van der Waals surface area contributed by atoms with Gasteiger partial charge in [0.25, 0.3) is 0 Å². The first-order valence-corrected chi connectivity index (χ1v) is 6.05. The summed E-state index contributed by atoms with van der Waals surface area (Å²) in [4.78, 5) is 27.2. The number of hydrogen-bond acceptors (Lipinski definition) is 7. The number of hydrogen-bond donors (Lipinski definition) is 2. The quantitative estimate of drug-likeness (QED) is 0.350. The van der Waals surface area contributed by atoms with Gasteiger partial charge in [0, 0.05) is 12.4 Å². The highest BCUT2D eigenvalue weighted by Crippen LogP contribution is 2.18. The fourth-order valence-corrected chi connectivity index (χ4v) is 1.27. The minimum atomic E-state index is -0.811. The molecule has 0 aliphatic heterocycles. The summed E-state index contributed by atoms with van der Waals surface area (Å²) in [5.41, 5.74) is -0.307. The lowest BCUT2D eigenvalue weighted by Crippen LogP contribution is -2.19. The van der Waals surface area contributed by atoms with Crippen molar-refractivity contribution in [3.05, 3.63) is 30.1 Å². The fourth-order valence-electron chi connectivity index (χ4n) is 1.27. The number of rotatable bonds is 6. The van der Waals surface area contributed by atoms with Crippen molar-refractivity contribution < 1.29 is 24.2 Å². The summed E-state index contributed by atoms with van der Waals surface area (Å²) in [6.07, 6.45) is 2.54. The second-order valence-corrected chi connectivity index (χ2v) is 3.51. The van der Waals surface area contributed by atoms with Crippen molar-refractivity contribution in [2.24, 2.45) is 0 Å². The van der Waals surface area contributed by atoms with Gasteiger partial charge in [-0.15, -0.1) is 0 Å². The molecule has 7 heteroatoms. The van der Waals surface area contributed by atoms with Crippen molar-refractivity contribution in [1.82, 2.24) is 4.98 Å². The van der Waals surface area contributed by atoms with E-state index < -0.39 is 11.9 Å². The van der Waals surface area contributed by atoms with Gasteiger partial charge in [0.1, 0.15) is 0 Å². The number of aromatic hydroxyl groups is 1. The molecule has 0 aromatic carbocycles. The van der Waals surface area contributed by atoms with Gasteiger partial charge < -0.3 is 19.9 Å². The summed E-state index contributed by atoms with van der Waals surface area (Å²) in [7, 11) is 0. The first kappa shape index (κ1) is 15.5. The summed E-state index contributed by atoms with van der Waals surface area (Å²) < 4.78 is 9.52. The molecule has 7 nitrogen and oxygen atoms in total. The zero-order valence-corrected chi connectivity index (χ0v) is 11.3. The maximum atomic E-state index is 11.7. The topological polar surface area (TPSA) is 97.8 Å². The van der Waals surface area contributed by atoms with Crippen LogP contribution in [0.15, 0.2) is 30.1 Å². The lowest BCUT2D eigenvalue weighted by molar-refractivity contribution is -0.146. The van der Waals surface area contributed by atoms with E-state index in [1.165, 1.54) is 12.3 Å². The Labute approximate surface area is 116 Å². The van der Waals surface area contributed by atoms with E-state index in [2.05, 4.69) is 10.3 Å². The predicted molar refractivity (Wildman–Crippen MR) is 70.9 cm³/mol. The van der Waals surface area contributed by atoms with Gasteiger partial charge in [0.15, 0.2) is 17.1 Å². The standard InChI is InChI=1S/C13H16N2O5/c1-3-19-12(17)9(13(18)20-4-2)8-15-11-10(16)6-5-7-14-11/h5-8,16H,3-4H2,1-2H3,(H,14,15). The Morgan fingerprint density at radius 1 is 1.30 bits per heavy atom. The van der Waals surface area contributed by atoms with Crippen molar-refractivity contribution >= 4 is 17.8 Å². The molecular formula is C13H16N2O5. The Bertz CT molecular complexity index is 493. The van der Waals surface area contributed by atoms with Crippen molar-refractivity contribution in [3.63, 3.8) is 0 Å². The first-order chi connectivity index (χ1) is 9.60. The van der Waals surface area contributed by atoms with Crippen LogP contribution in [0.25, 0.3) is 0 Å². The number of ether oxygens (including phenoxy) is 2. The van der Waals surface area contributed by atoms with Crippen molar-refractivity contribution in [2.45, 2.75) is 13.8 Å². The molecule has 1 aromatic heterocycles. The van der Waals surface area contributed by atoms with E-state index in [4.69, 9.17) is 9.47 Å².